The van der Waals surface area contributed by atoms with Crippen molar-refractivity contribution in [1.82, 2.24) is 0 Å². The van der Waals surface area contributed by atoms with Gasteiger partial charge in [0.25, 0.3) is 10.0 Å². The van der Waals surface area contributed by atoms with Gasteiger partial charge in [-0.25, -0.2) is 13.2 Å². The highest BCUT2D eigenvalue weighted by molar-refractivity contribution is 7.92. The second kappa shape index (κ2) is 8.98. The Bertz CT molecular complexity index is 864. The van der Waals surface area contributed by atoms with E-state index in [1.807, 2.05) is 6.92 Å². The molecule has 7 nitrogen and oxygen atoms in total. The molecule has 0 bridgehead atoms. The minimum atomic E-state index is -3.92. The second-order valence-electron chi connectivity index (χ2n) is 6.01. The number of nitrogens with two attached hydrogens (primary N) is 1. The standard InChI is InChI=1S/C19H24N2O5S/c1-3-26-19(23)15-6-8-16(9-7-15)21(13-17(22)12-20)27(24,25)18-10-4-14(2)5-11-18/h4-11,17,22H,3,12-13,20H2,1-2H3/t17-/m0/s1. The number of hydrogen-bond donors (Lipinski definition) is 2. The first kappa shape index (κ1) is 20.9. The highest BCUT2D eigenvalue weighted by Gasteiger charge is 2.27. The summed E-state index contributed by atoms with van der Waals surface area (Å²) in [5.41, 5.74) is 7.02. The number of benzene rings is 2. The second-order valence-corrected chi connectivity index (χ2v) is 7.87. The summed E-state index contributed by atoms with van der Waals surface area (Å²) in [5, 5.41) is 9.95. The highest BCUT2D eigenvalue weighted by Crippen LogP contribution is 2.25. The van der Waals surface area contributed by atoms with Gasteiger partial charge in [-0.2, -0.15) is 0 Å². The highest BCUT2D eigenvalue weighted by atomic mass is 32.2. The number of carbonyl (C=O) groups excluding carboxylic acids is 1. The smallest absolute Gasteiger partial charge is 0.338 e. The van der Waals surface area contributed by atoms with Gasteiger partial charge < -0.3 is 15.6 Å². The fourth-order valence-electron chi connectivity index (χ4n) is 2.42. The van der Waals surface area contributed by atoms with Crippen molar-refractivity contribution in [3.05, 3.63) is 59.7 Å². The molecule has 0 saturated heterocycles. The molecular weight excluding hydrogens is 368 g/mol. The van der Waals surface area contributed by atoms with Crippen LogP contribution < -0.4 is 10.0 Å². The average Bonchev–Trinajstić information content (AvgIpc) is 2.66. The van der Waals surface area contributed by atoms with E-state index < -0.39 is 22.1 Å². The Balaban J connectivity index is 2.42. The van der Waals surface area contributed by atoms with E-state index in [1.165, 1.54) is 36.4 Å². The van der Waals surface area contributed by atoms with Gasteiger partial charge in [0, 0.05) is 6.54 Å². The molecule has 2 aromatic rings. The first-order valence-corrected chi connectivity index (χ1v) is 9.98. The van der Waals surface area contributed by atoms with Crippen molar-refractivity contribution in [2.45, 2.75) is 24.8 Å². The third kappa shape index (κ3) is 5.06. The molecule has 1 atom stereocenters. The molecule has 0 saturated carbocycles. The van der Waals surface area contributed by atoms with Crippen LogP contribution in [-0.2, 0) is 14.8 Å². The van der Waals surface area contributed by atoms with Crippen LogP contribution in [0.2, 0.25) is 0 Å². The van der Waals surface area contributed by atoms with E-state index in [1.54, 1.807) is 19.1 Å². The van der Waals surface area contributed by atoms with Crippen molar-refractivity contribution >= 4 is 21.7 Å². The minimum absolute atomic E-state index is 0.0825. The molecule has 0 aliphatic carbocycles. The molecular formula is C19H24N2O5S. The number of aliphatic hydroxyl groups excluding tert-OH is 1. The van der Waals surface area contributed by atoms with Crippen molar-refractivity contribution in [3.8, 4) is 0 Å². The lowest BCUT2D eigenvalue weighted by atomic mass is 10.2. The lowest BCUT2D eigenvalue weighted by Gasteiger charge is -2.26. The third-order valence-corrected chi connectivity index (χ3v) is 5.73. The van der Waals surface area contributed by atoms with Crippen LogP contribution in [0.25, 0.3) is 0 Å². The SMILES string of the molecule is CCOC(=O)c1ccc(N(C[C@@H](O)CN)S(=O)(=O)c2ccc(C)cc2)cc1. The van der Waals surface area contributed by atoms with Gasteiger partial charge in [0.1, 0.15) is 0 Å². The van der Waals surface area contributed by atoms with Gasteiger partial charge in [-0.1, -0.05) is 17.7 Å². The summed E-state index contributed by atoms with van der Waals surface area (Å²) in [7, 11) is -3.92. The minimum Gasteiger partial charge on any atom is -0.462 e. The fourth-order valence-corrected chi connectivity index (χ4v) is 3.93. The molecule has 0 aliphatic heterocycles. The molecule has 0 unspecified atom stereocenters. The zero-order chi connectivity index (χ0) is 20.0. The number of hydrogen-bond acceptors (Lipinski definition) is 6. The van der Waals surface area contributed by atoms with E-state index in [-0.39, 0.29) is 24.6 Å². The van der Waals surface area contributed by atoms with Crippen molar-refractivity contribution in [3.63, 3.8) is 0 Å². The predicted octanol–water partition coefficient (Wildman–Crippen LogP) is 1.69. The molecule has 8 heteroatoms. The molecule has 0 radical (unpaired) electrons. The summed E-state index contributed by atoms with van der Waals surface area (Å²) in [6, 6.07) is 12.4. The summed E-state index contributed by atoms with van der Waals surface area (Å²) in [5.74, 6) is -0.487. The van der Waals surface area contributed by atoms with Crippen LogP contribution in [0.1, 0.15) is 22.8 Å². The number of nitrogens with zero attached hydrogens (tertiary/aromatic N) is 1. The van der Waals surface area contributed by atoms with Crippen LogP contribution in [0.4, 0.5) is 5.69 Å². The molecule has 0 amide bonds. The Labute approximate surface area is 159 Å². The lowest BCUT2D eigenvalue weighted by Crippen LogP contribution is -2.40. The maximum absolute atomic E-state index is 13.1. The Kier molecular flexibility index (Phi) is 6.95. The van der Waals surface area contributed by atoms with E-state index in [0.717, 1.165) is 9.87 Å². The van der Waals surface area contributed by atoms with Crippen molar-refractivity contribution in [1.29, 1.82) is 0 Å². The molecule has 0 aromatic heterocycles. The van der Waals surface area contributed by atoms with Gasteiger partial charge in [-0.15, -0.1) is 0 Å². The quantitative estimate of drug-likeness (QED) is 0.662. The Morgan fingerprint density at radius 1 is 1.15 bits per heavy atom. The van der Waals surface area contributed by atoms with Crippen molar-refractivity contribution < 1.29 is 23.1 Å². The topological polar surface area (TPSA) is 110 Å². The summed E-state index contributed by atoms with van der Waals surface area (Å²) in [6.07, 6.45) is -1.03. The zero-order valence-electron chi connectivity index (χ0n) is 15.3. The lowest BCUT2D eigenvalue weighted by molar-refractivity contribution is 0.0526. The predicted molar refractivity (Wildman–Crippen MR) is 103 cm³/mol. The van der Waals surface area contributed by atoms with Crippen molar-refractivity contribution in [2.24, 2.45) is 5.73 Å². The summed E-state index contributed by atoms with van der Waals surface area (Å²) in [6.45, 7) is 3.53. The van der Waals surface area contributed by atoms with Crippen LogP contribution in [0.15, 0.2) is 53.4 Å². The fraction of sp³-hybridized carbons (Fsp3) is 0.316. The normalized spacial score (nSPS) is 12.4. The molecule has 0 spiro atoms. The van der Waals surface area contributed by atoms with Gasteiger partial charge in [-0.05, 0) is 50.2 Å². The first-order valence-electron chi connectivity index (χ1n) is 8.54. The first-order chi connectivity index (χ1) is 12.8. The molecule has 0 heterocycles. The van der Waals surface area contributed by atoms with Crippen molar-refractivity contribution in [2.75, 3.05) is 24.0 Å². The number of anilines is 1. The van der Waals surface area contributed by atoms with E-state index in [4.69, 9.17) is 10.5 Å². The van der Waals surface area contributed by atoms with Crippen LogP contribution in [0.5, 0.6) is 0 Å². The van der Waals surface area contributed by atoms with Gasteiger partial charge in [0.15, 0.2) is 0 Å². The molecule has 2 rings (SSSR count). The van der Waals surface area contributed by atoms with Crippen LogP contribution in [-0.4, -0.2) is 45.3 Å². The molecule has 2 aromatic carbocycles. The Hall–Kier alpha value is -2.42. The Morgan fingerprint density at radius 3 is 2.26 bits per heavy atom. The summed E-state index contributed by atoms with van der Waals surface area (Å²) >= 11 is 0. The zero-order valence-corrected chi connectivity index (χ0v) is 16.1. The average molecular weight is 392 g/mol. The summed E-state index contributed by atoms with van der Waals surface area (Å²) in [4.78, 5) is 11.9. The molecule has 0 aliphatic rings. The van der Waals surface area contributed by atoms with E-state index >= 15 is 0 Å². The van der Waals surface area contributed by atoms with Crippen LogP contribution in [0.3, 0.4) is 0 Å². The largest absolute Gasteiger partial charge is 0.462 e. The van der Waals surface area contributed by atoms with Gasteiger partial charge in [-0.3, -0.25) is 4.31 Å². The molecule has 27 heavy (non-hydrogen) atoms. The number of carbonyl (C=O) groups is 1. The van der Waals surface area contributed by atoms with E-state index in [0.29, 0.717) is 11.3 Å². The van der Waals surface area contributed by atoms with Gasteiger partial charge in [0.05, 0.1) is 35.4 Å². The van der Waals surface area contributed by atoms with Crippen LogP contribution in [0, 0.1) is 6.92 Å². The van der Waals surface area contributed by atoms with Crippen LogP contribution >= 0.6 is 0 Å². The number of ether oxygens (including phenoxy) is 1. The molecule has 0 fully saturated rings. The number of sulfonamides is 1. The van der Waals surface area contributed by atoms with E-state index in [9.17, 15) is 18.3 Å². The molecule has 146 valence electrons. The summed E-state index contributed by atoms with van der Waals surface area (Å²) < 4.78 is 32.2. The number of esters is 1. The number of rotatable bonds is 8. The third-order valence-electron chi connectivity index (χ3n) is 3.92. The van der Waals surface area contributed by atoms with E-state index in [2.05, 4.69) is 0 Å². The van der Waals surface area contributed by atoms with Gasteiger partial charge in [0.2, 0.25) is 0 Å². The number of aryl methyl sites for hydroxylation is 1. The molecule has 3 N–H and O–H groups in total. The number of aliphatic hydroxyl groups is 1. The maximum atomic E-state index is 13.1. The van der Waals surface area contributed by atoms with Gasteiger partial charge >= 0.3 is 5.97 Å². The maximum Gasteiger partial charge on any atom is 0.338 e. The monoisotopic (exact) mass is 392 g/mol. The Morgan fingerprint density at radius 2 is 1.74 bits per heavy atom.